The Hall–Kier alpha value is -3.69. The number of nitro groups is 1. The van der Waals surface area contributed by atoms with Crippen molar-refractivity contribution in [1.29, 1.82) is 0 Å². The Labute approximate surface area is 206 Å². The first-order valence-electron chi connectivity index (χ1n) is 10.7. The molecule has 1 N–H and O–H groups in total. The van der Waals surface area contributed by atoms with E-state index >= 15 is 0 Å². The van der Waals surface area contributed by atoms with Crippen molar-refractivity contribution >= 4 is 40.5 Å². The van der Waals surface area contributed by atoms with Gasteiger partial charge >= 0.3 is 0 Å². The van der Waals surface area contributed by atoms with Crippen molar-refractivity contribution in [3.8, 4) is 0 Å². The molecule has 1 aliphatic heterocycles. The highest BCUT2D eigenvalue weighted by Gasteiger charge is 2.41. The second kappa shape index (κ2) is 9.28. The van der Waals surface area contributed by atoms with E-state index in [2.05, 4.69) is 38.0 Å². The second-order valence-corrected chi connectivity index (χ2v) is 9.42. The summed E-state index contributed by atoms with van der Waals surface area (Å²) < 4.78 is 2.11. The average molecular weight is 488 g/mol. The molecule has 7 nitrogen and oxygen atoms in total. The van der Waals surface area contributed by atoms with E-state index in [0.717, 1.165) is 26.9 Å². The number of nitro benzene ring substituents is 1. The van der Waals surface area contributed by atoms with Crippen LogP contribution in [0.3, 0.4) is 0 Å². The number of rotatable bonds is 6. The fourth-order valence-electron chi connectivity index (χ4n) is 4.16. The summed E-state index contributed by atoms with van der Waals surface area (Å²) >= 11 is 7.34. The van der Waals surface area contributed by atoms with Crippen LogP contribution in [-0.2, 0) is 7.05 Å². The minimum absolute atomic E-state index is 0.0597. The summed E-state index contributed by atoms with van der Waals surface area (Å²) in [5, 5.41) is 15.0. The van der Waals surface area contributed by atoms with E-state index in [0.29, 0.717) is 5.11 Å². The van der Waals surface area contributed by atoms with E-state index in [1.54, 1.807) is 30.1 Å². The third-order valence-electron chi connectivity index (χ3n) is 5.78. The van der Waals surface area contributed by atoms with Crippen molar-refractivity contribution in [2.75, 3.05) is 4.90 Å². The van der Waals surface area contributed by atoms with Crippen LogP contribution in [0.15, 0.2) is 101 Å². The minimum Gasteiger partial charge on any atom is -0.353 e. The van der Waals surface area contributed by atoms with Gasteiger partial charge < -0.3 is 14.8 Å². The Bertz CT molecular complexity index is 1320. The van der Waals surface area contributed by atoms with Crippen LogP contribution in [0.25, 0.3) is 0 Å². The summed E-state index contributed by atoms with van der Waals surface area (Å²) in [7, 11) is 2.04. The monoisotopic (exact) mass is 487 g/mol. The molecule has 1 fully saturated rings. The maximum absolute atomic E-state index is 10.9. The Morgan fingerprint density at radius 3 is 2.29 bits per heavy atom. The quantitative estimate of drug-likeness (QED) is 0.214. The predicted molar refractivity (Wildman–Crippen MR) is 137 cm³/mol. The molecule has 2 unspecified atom stereocenters. The molecule has 1 saturated heterocycles. The van der Waals surface area contributed by atoms with Crippen LogP contribution in [0, 0.1) is 10.1 Å². The minimum atomic E-state index is -0.391. The number of pyridine rings is 1. The molecule has 0 bridgehead atoms. The highest BCUT2D eigenvalue weighted by Crippen LogP contribution is 2.42. The third-order valence-corrected chi connectivity index (χ3v) is 7.11. The molecule has 170 valence electrons. The Morgan fingerprint density at radius 1 is 1.00 bits per heavy atom. The number of benzene rings is 2. The molecule has 1 aliphatic rings. The molecule has 2 aromatic carbocycles. The number of non-ortho nitro benzene ring substituents is 1. The zero-order valence-electron chi connectivity index (χ0n) is 18.2. The van der Waals surface area contributed by atoms with Gasteiger partial charge in [0.2, 0.25) is 0 Å². The van der Waals surface area contributed by atoms with Gasteiger partial charge in [-0.1, -0.05) is 17.8 Å². The summed E-state index contributed by atoms with van der Waals surface area (Å²) in [4.78, 5) is 19.2. The number of nitrogens with one attached hydrogen (secondary N) is 1. The number of anilines is 1. The number of aromatic nitrogens is 2. The Balaban J connectivity index is 1.44. The van der Waals surface area contributed by atoms with Crippen molar-refractivity contribution in [2.24, 2.45) is 7.05 Å². The molecule has 5 rings (SSSR count). The average Bonchev–Trinajstić information content (AvgIpc) is 3.42. The molecule has 4 aromatic rings. The van der Waals surface area contributed by atoms with Gasteiger partial charge in [0, 0.05) is 52.7 Å². The van der Waals surface area contributed by atoms with Gasteiger partial charge in [-0.25, -0.2) is 0 Å². The SMILES string of the molecule is Cn1cccc1C1C(c2ccccn2)NC(=S)N1c1ccc(Sc2ccc([N+](=O)[O-])cc2)cc1. The zero-order chi connectivity index (χ0) is 23.7. The number of nitrogens with zero attached hydrogens (tertiary/aromatic N) is 4. The number of thiocarbonyl (C=S) groups is 1. The molecule has 0 aliphatic carbocycles. The van der Waals surface area contributed by atoms with E-state index < -0.39 is 4.92 Å². The molecule has 9 heteroatoms. The highest BCUT2D eigenvalue weighted by molar-refractivity contribution is 7.99. The van der Waals surface area contributed by atoms with Crippen LogP contribution in [-0.4, -0.2) is 19.6 Å². The van der Waals surface area contributed by atoms with Crippen molar-refractivity contribution in [2.45, 2.75) is 21.9 Å². The van der Waals surface area contributed by atoms with Gasteiger partial charge in [-0.15, -0.1) is 0 Å². The number of hydrogen-bond acceptors (Lipinski definition) is 5. The fraction of sp³-hybridized carbons (Fsp3) is 0.120. The topological polar surface area (TPSA) is 76.2 Å². The van der Waals surface area contributed by atoms with Gasteiger partial charge in [0.15, 0.2) is 5.11 Å². The number of aryl methyl sites for hydroxylation is 1. The van der Waals surface area contributed by atoms with Crippen LogP contribution in [0.1, 0.15) is 23.5 Å². The van der Waals surface area contributed by atoms with Crippen molar-refractivity contribution in [1.82, 2.24) is 14.9 Å². The van der Waals surface area contributed by atoms with Crippen LogP contribution in [0.4, 0.5) is 11.4 Å². The van der Waals surface area contributed by atoms with E-state index in [1.807, 2.05) is 49.6 Å². The van der Waals surface area contributed by atoms with E-state index in [9.17, 15) is 10.1 Å². The standard InChI is InChI=1S/C25H21N5O2S2/c1-28-16-4-6-22(28)24-23(21-5-2-3-15-26-21)27-25(33)29(24)17-7-11-19(12-8-17)34-20-13-9-18(10-14-20)30(31)32/h2-16,23-24H,1H3,(H,27,33). The molecular formula is C25H21N5O2S2. The first-order chi connectivity index (χ1) is 16.5. The van der Waals surface area contributed by atoms with Crippen LogP contribution in [0.2, 0.25) is 0 Å². The van der Waals surface area contributed by atoms with Gasteiger partial charge in [-0.3, -0.25) is 15.1 Å². The van der Waals surface area contributed by atoms with Gasteiger partial charge in [0.1, 0.15) is 6.04 Å². The second-order valence-electron chi connectivity index (χ2n) is 7.89. The first kappa shape index (κ1) is 22.1. The summed E-state index contributed by atoms with van der Waals surface area (Å²) in [6.07, 6.45) is 3.84. The molecule has 0 radical (unpaired) electrons. The zero-order valence-corrected chi connectivity index (χ0v) is 19.9. The summed E-state index contributed by atoms with van der Waals surface area (Å²) in [5.41, 5.74) is 3.13. The van der Waals surface area contributed by atoms with Crippen molar-refractivity contribution < 1.29 is 4.92 Å². The van der Waals surface area contributed by atoms with Gasteiger partial charge in [-0.2, -0.15) is 0 Å². The number of hydrogen-bond donors (Lipinski definition) is 1. The largest absolute Gasteiger partial charge is 0.353 e. The highest BCUT2D eigenvalue weighted by atomic mass is 32.2. The molecule has 2 atom stereocenters. The summed E-state index contributed by atoms with van der Waals surface area (Å²) in [5.74, 6) is 0. The lowest BCUT2D eigenvalue weighted by atomic mass is 10.0. The summed E-state index contributed by atoms with van der Waals surface area (Å²) in [6.45, 7) is 0. The maximum Gasteiger partial charge on any atom is 0.269 e. The van der Waals surface area contributed by atoms with Crippen LogP contribution < -0.4 is 10.2 Å². The molecular weight excluding hydrogens is 466 g/mol. The molecule has 0 spiro atoms. The predicted octanol–water partition coefficient (Wildman–Crippen LogP) is 5.66. The molecule has 34 heavy (non-hydrogen) atoms. The lowest BCUT2D eigenvalue weighted by molar-refractivity contribution is -0.384. The maximum atomic E-state index is 10.9. The van der Waals surface area contributed by atoms with E-state index in [-0.39, 0.29) is 17.8 Å². The third kappa shape index (κ3) is 4.27. The van der Waals surface area contributed by atoms with Crippen molar-refractivity contribution in [3.05, 3.63) is 113 Å². The van der Waals surface area contributed by atoms with E-state index in [1.165, 1.54) is 12.1 Å². The van der Waals surface area contributed by atoms with Gasteiger partial charge in [0.25, 0.3) is 5.69 Å². The lowest BCUT2D eigenvalue weighted by Crippen LogP contribution is -2.30. The first-order valence-corrected chi connectivity index (χ1v) is 11.9. The lowest BCUT2D eigenvalue weighted by Gasteiger charge is -2.28. The Kier molecular flexibility index (Phi) is 6.04. The van der Waals surface area contributed by atoms with Crippen LogP contribution in [0.5, 0.6) is 0 Å². The molecule has 3 heterocycles. The molecule has 2 aromatic heterocycles. The Morgan fingerprint density at radius 2 is 1.71 bits per heavy atom. The summed E-state index contributed by atoms with van der Waals surface area (Å²) in [6, 6.07) is 24.7. The van der Waals surface area contributed by atoms with E-state index in [4.69, 9.17) is 12.2 Å². The fourth-order valence-corrected chi connectivity index (χ4v) is 5.32. The van der Waals surface area contributed by atoms with Crippen LogP contribution >= 0.6 is 24.0 Å². The normalized spacial score (nSPS) is 17.6. The molecule has 0 saturated carbocycles. The molecule has 0 amide bonds. The van der Waals surface area contributed by atoms with Gasteiger partial charge in [-0.05, 0) is 72.9 Å². The van der Waals surface area contributed by atoms with Gasteiger partial charge in [0.05, 0.1) is 16.7 Å². The smallest absolute Gasteiger partial charge is 0.269 e. The van der Waals surface area contributed by atoms with Crippen molar-refractivity contribution in [3.63, 3.8) is 0 Å².